The molecule has 0 radical (unpaired) electrons. The third kappa shape index (κ3) is 1.87. The molecule has 1 aliphatic carbocycles. The summed E-state index contributed by atoms with van der Waals surface area (Å²) in [5.41, 5.74) is 7.31. The second-order valence-electron chi connectivity index (χ2n) is 4.39. The Kier molecular flexibility index (Phi) is 3.06. The fraction of sp³-hybridized carbons (Fsp3) is 0.538. The van der Waals surface area contributed by atoms with Gasteiger partial charge in [0.2, 0.25) is 0 Å². The number of nitrogens with two attached hydrogens (primary N) is 1. The molecule has 2 rings (SSSR count). The lowest BCUT2D eigenvalue weighted by Crippen LogP contribution is -2.13. The quantitative estimate of drug-likeness (QED) is 0.828. The zero-order chi connectivity index (χ0) is 11.6. The molecule has 88 valence electrons. The molecule has 0 heterocycles. The van der Waals surface area contributed by atoms with E-state index in [4.69, 9.17) is 15.2 Å². The number of methoxy groups -OCH3 is 2. The maximum atomic E-state index is 5.66. The highest BCUT2D eigenvalue weighted by Gasteiger charge is 2.43. The van der Waals surface area contributed by atoms with Crippen molar-refractivity contribution in [3.05, 3.63) is 23.8 Å². The van der Waals surface area contributed by atoms with E-state index in [1.54, 1.807) is 14.2 Å². The number of hydrogen-bond acceptors (Lipinski definition) is 3. The highest BCUT2D eigenvalue weighted by atomic mass is 16.5. The van der Waals surface area contributed by atoms with E-state index in [0.29, 0.717) is 5.41 Å². The van der Waals surface area contributed by atoms with Crippen LogP contribution in [0.2, 0.25) is 0 Å². The molecule has 0 bridgehead atoms. The van der Waals surface area contributed by atoms with Crippen LogP contribution >= 0.6 is 0 Å². The maximum absolute atomic E-state index is 5.66. The van der Waals surface area contributed by atoms with Gasteiger partial charge in [0.1, 0.15) is 0 Å². The first-order valence-electron chi connectivity index (χ1n) is 5.68. The Morgan fingerprint density at radius 2 is 1.88 bits per heavy atom. The normalized spacial score (nSPS) is 16.9. The smallest absolute Gasteiger partial charge is 0.161 e. The summed E-state index contributed by atoms with van der Waals surface area (Å²) in [7, 11) is 3.33. The summed E-state index contributed by atoms with van der Waals surface area (Å²) in [5, 5.41) is 0. The van der Waals surface area contributed by atoms with Gasteiger partial charge in [-0.1, -0.05) is 6.07 Å². The van der Waals surface area contributed by atoms with Crippen molar-refractivity contribution in [2.75, 3.05) is 20.8 Å². The van der Waals surface area contributed by atoms with Crippen molar-refractivity contribution in [2.24, 2.45) is 5.73 Å². The van der Waals surface area contributed by atoms with Crippen LogP contribution in [0.5, 0.6) is 11.5 Å². The fourth-order valence-corrected chi connectivity index (χ4v) is 2.28. The van der Waals surface area contributed by atoms with E-state index in [1.165, 1.54) is 18.4 Å². The molecule has 1 aromatic carbocycles. The molecule has 1 aliphatic rings. The minimum Gasteiger partial charge on any atom is -0.493 e. The Balaban J connectivity index is 2.29. The first kappa shape index (κ1) is 11.3. The van der Waals surface area contributed by atoms with Gasteiger partial charge in [-0.2, -0.15) is 0 Å². The zero-order valence-electron chi connectivity index (χ0n) is 9.95. The molecule has 1 saturated carbocycles. The predicted molar refractivity (Wildman–Crippen MR) is 64.1 cm³/mol. The Morgan fingerprint density at radius 1 is 1.19 bits per heavy atom. The van der Waals surface area contributed by atoms with Gasteiger partial charge in [0, 0.05) is 0 Å². The third-order valence-corrected chi connectivity index (χ3v) is 3.47. The van der Waals surface area contributed by atoms with E-state index in [1.807, 2.05) is 6.07 Å². The van der Waals surface area contributed by atoms with E-state index in [2.05, 4.69) is 12.1 Å². The topological polar surface area (TPSA) is 44.5 Å². The lowest BCUT2D eigenvalue weighted by molar-refractivity contribution is 0.354. The molecule has 0 saturated heterocycles. The molecule has 0 unspecified atom stereocenters. The Labute approximate surface area is 96.5 Å². The largest absolute Gasteiger partial charge is 0.493 e. The molecule has 0 spiro atoms. The number of ether oxygens (including phenoxy) is 2. The minimum absolute atomic E-state index is 0.314. The van der Waals surface area contributed by atoms with Gasteiger partial charge in [-0.3, -0.25) is 0 Å². The maximum Gasteiger partial charge on any atom is 0.161 e. The third-order valence-electron chi connectivity index (χ3n) is 3.47. The van der Waals surface area contributed by atoms with E-state index >= 15 is 0 Å². The molecule has 16 heavy (non-hydrogen) atoms. The van der Waals surface area contributed by atoms with Crippen LogP contribution in [0.25, 0.3) is 0 Å². The lowest BCUT2D eigenvalue weighted by Gasteiger charge is -2.16. The van der Waals surface area contributed by atoms with Gasteiger partial charge >= 0.3 is 0 Å². The molecule has 1 aromatic rings. The summed E-state index contributed by atoms with van der Waals surface area (Å²) in [5.74, 6) is 1.60. The molecular formula is C13H19NO2. The van der Waals surface area contributed by atoms with E-state index in [9.17, 15) is 0 Å². The van der Waals surface area contributed by atoms with Crippen LogP contribution in [0.3, 0.4) is 0 Å². The Morgan fingerprint density at radius 3 is 2.38 bits per heavy atom. The first-order valence-corrected chi connectivity index (χ1v) is 5.68. The van der Waals surface area contributed by atoms with Crippen molar-refractivity contribution in [3.8, 4) is 11.5 Å². The molecule has 2 N–H and O–H groups in total. The van der Waals surface area contributed by atoms with Gasteiger partial charge in [-0.25, -0.2) is 0 Å². The molecule has 0 amide bonds. The van der Waals surface area contributed by atoms with Gasteiger partial charge in [0.25, 0.3) is 0 Å². The van der Waals surface area contributed by atoms with Crippen LogP contribution in [0.15, 0.2) is 18.2 Å². The number of benzene rings is 1. The molecule has 3 heteroatoms. The van der Waals surface area contributed by atoms with E-state index < -0.39 is 0 Å². The second kappa shape index (κ2) is 4.34. The van der Waals surface area contributed by atoms with Crippen molar-refractivity contribution in [1.29, 1.82) is 0 Å². The molecule has 0 aromatic heterocycles. The summed E-state index contributed by atoms with van der Waals surface area (Å²) in [6.45, 7) is 0.744. The van der Waals surface area contributed by atoms with Gasteiger partial charge in [-0.15, -0.1) is 0 Å². The van der Waals surface area contributed by atoms with Crippen LogP contribution in [0.1, 0.15) is 24.8 Å². The van der Waals surface area contributed by atoms with Crippen LogP contribution in [0, 0.1) is 0 Å². The summed E-state index contributed by atoms with van der Waals surface area (Å²) in [6, 6.07) is 6.19. The minimum atomic E-state index is 0.314. The van der Waals surface area contributed by atoms with Gasteiger partial charge < -0.3 is 15.2 Å². The predicted octanol–water partition coefficient (Wildman–Crippen LogP) is 2.08. The molecule has 0 atom stereocenters. The highest BCUT2D eigenvalue weighted by molar-refractivity contribution is 5.46. The van der Waals surface area contributed by atoms with Gasteiger partial charge in [0.05, 0.1) is 14.2 Å². The number of rotatable bonds is 5. The summed E-state index contributed by atoms with van der Waals surface area (Å²) >= 11 is 0. The lowest BCUT2D eigenvalue weighted by atomic mass is 9.92. The summed E-state index contributed by atoms with van der Waals surface area (Å²) < 4.78 is 10.6. The number of hydrogen-bond donors (Lipinski definition) is 1. The highest BCUT2D eigenvalue weighted by Crippen LogP contribution is 2.52. The van der Waals surface area contributed by atoms with Crippen molar-refractivity contribution in [2.45, 2.75) is 24.7 Å². The SMILES string of the molecule is COc1ccc(C2(CCN)CC2)cc1OC. The average molecular weight is 221 g/mol. The standard InChI is InChI=1S/C13H19NO2/c1-15-11-4-3-10(9-12(11)16-2)13(5-6-13)7-8-14/h3-4,9H,5-8,14H2,1-2H3. The van der Waals surface area contributed by atoms with Crippen molar-refractivity contribution in [1.82, 2.24) is 0 Å². The van der Waals surface area contributed by atoms with Crippen molar-refractivity contribution < 1.29 is 9.47 Å². The Hall–Kier alpha value is -1.22. The fourth-order valence-electron chi connectivity index (χ4n) is 2.28. The van der Waals surface area contributed by atoms with E-state index in [-0.39, 0.29) is 0 Å². The summed E-state index contributed by atoms with van der Waals surface area (Å²) in [6.07, 6.45) is 3.53. The monoisotopic (exact) mass is 221 g/mol. The Bertz CT molecular complexity index is 372. The van der Waals surface area contributed by atoms with Crippen molar-refractivity contribution >= 4 is 0 Å². The van der Waals surface area contributed by atoms with Gasteiger partial charge in [0.15, 0.2) is 11.5 Å². The average Bonchev–Trinajstić information content (AvgIpc) is 3.09. The zero-order valence-corrected chi connectivity index (χ0v) is 9.95. The van der Waals surface area contributed by atoms with Crippen LogP contribution in [0.4, 0.5) is 0 Å². The van der Waals surface area contributed by atoms with Gasteiger partial charge in [-0.05, 0) is 48.9 Å². The molecular weight excluding hydrogens is 202 g/mol. The second-order valence-corrected chi connectivity index (χ2v) is 4.39. The van der Waals surface area contributed by atoms with Crippen LogP contribution in [-0.4, -0.2) is 20.8 Å². The molecule has 3 nitrogen and oxygen atoms in total. The molecule has 1 fully saturated rings. The first-order chi connectivity index (χ1) is 7.75. The summed E-state index contributed by atoms with van der Waals surface area (Å²) in [4.78, 5) is 0. The van der Waals surface area contributed by atoms with Crippen LogP contribution < -0.4 is 15.2 Å². The molecule has 0 aliphatic heterocycles. The van der Waals surface area contributed by atoms with Crippen LogP contribution in [-0.2, 0) is 5.41 Å². The van der Waals surface area contributed by atoms with E-state index in [0.717, 1.165) is 24.5 Å². The van der Waals surface area contributed by atoms with Crippen molar-refractivity contribution in [3.63, 3.8) is 0 Å².